The molecule has 5 heteroatoms. The molecule has 20 heavy (non-hydrogen) atoms. The van der Waals surface area contributed by atoms with E-state index in [0.29, 0.717) is 12.5 Å². The van der Waals surface area contributed by atoms with Gasteiger partial charge in [-0.05, 0) is 32.1 Å². The Morgan fingerprint density at radius 2 is 2.40 bits per heavy atom. The summed E-state index contributed by atoms with van der Waals surface area (Å²) in [4.78, 5) is 19.4. The fraction of sp³-hybridized carbons (Fsp3) is 0.733. The Balaban J connectivity index is 1.79. The highest BCUT2D eigenvalue weighted by atomic mass is 32.1. The van der Waals surface area contributed by atoms with Gasteiger partial charge in [-0.25, -0.2) is 4.98 Å². The van der Waals surface area contributed by atoms with Crippen molar-refractivity contribution in [3.8, 4) is 0 Å². The quantitative estimate of drug-likeness (QED) is 0.911. The molecule has 1 aliphatic heterocycles. The van der Waals surface area contributed by atoms with E-state index in [1.54, 1.807) is 5.51 Å². The maximum atomic E-state index is 12.6. The number of thiazole rings is 1. The molecule has 1 N–H and O–H groups in total. The van der Waals surface area contributed by atoms with Gasteiger partial charge in [0.25, 0.3) is 5.91 Å². The third-order valence-corrected chi connectivity index (χ3v) is 6.07. The number of hydrogen-bond acceptors (Lipinski definition) is 4. The highest BCUT2D eigenvalue weighted by Gasteiger charge is 2.48. The van der Waals surface area contributed by atoms with Crippen LogP contribution in [0.15, 0.2) is 5.51 Å². The van der Waals surface area contributed by atoms with Gasteiger partial charge in [0.1, 0.15) is 4.88 Å². The molecule has 3 rings (SSSR count). The first-order chi connectivity index (χ1) is 9.55. The molecule has 0 spiro atoms. The summed E-state index contributed by atoms with van der Waals surface area (Å²) in [5.74, 6) is 0.808. The highest BCUT2D eigenvalue weighted by Crippen LogP contribution is 2.44. The molecular formula is C15H22N2O2S. The van der Waals surface area contributed by atoms with Crippen molar-refractivity contribution in [2.45, 2.75) is 45.1 Å². The lowest BCUT2D eigenvalue weighted by Crippen LogP contribution is -2.44. The van der Waals surface area contributed by atoms with Gasteiger partial charge < -0.3 is 10.0 Å². The molecule has 0 bridgehead atoms. The Hall–Kier alpha value is -0.940. The molecular weight excluding hydrogens is 272 g/mol. The Kier molecular flexibility index (Phi) is 3.58. The van der Waals surface area contributed by atoms with Gasteiger partial charge in [0.2, 0.25) is 0 Å². The van der Waals surface area contributed by atoms with Gasteiger partial charge in [-0.3, -0.25) is 4.79 Å². The minimum atomic E-state index is -0.569. The van der Waals surface area contributed by atoms with Gasteiger partial charge in [0, 0.05) is 19.0 Å². The van der Waals surface area contributed by atoms with Gasteiger partial charge >= 0.3 is 0 Å². The molecule has 1 saturated heterocycles. The molecule has 1 aromatic rings. The van der Waals surface area contributed by atoms with Crippen molar-refractivity contribution < 1.29 is 9.90 Å². The van der Waals surface area contributed by atoms with Crippen LogP contribution in [0.4, 0.5) is 0 Å². The van der Waals surface area contributed by atoms with E-state index >= 15 is 0 Å². The largest absolute Gasteiger partial charge is 0.390 e. The fourth-order valence-electron chi connectivity index (χ4n) is 3.88. The summed E-state index contributed by atoms with van der Waals surface area (Å²) in [5.41, 5.74) is 1.98. The minimum absolute atomic E-state index is 0.0952. The number of fused-ring (bicyclic) bond motifs is 1. The predicted molar refractivity (Wildman–Crippen MR) is 78.8 cm³/mol. The molecule has 2 aliphatic rings. The smallest absolute Gasteiger partial charge is 0.265 e. The minimum Gasteiger partial charge on any atom is -0.390 e. The van der Waals surface area contributed by atoms with Crippen LogP contribution in [-0.4, -0.2) is 39.6 Å². The van der Waals surface area contributed by atoms with Crippen LogP contribution in [0, 0.1) is 18.8 Å². The van der Waals surface area contributed by atoms with E-state index in [4.69, 9.17) is 0 Å². The number of aromatic nitrogens is 1. The maximum Gasteiger partial charge on any atom is 0.265 e. The van der Waals surface area contributed by atoms with Gasteiger partial charge in [-0.2, -0.15) is 0 Å². The molecule has 2 heterocycles. The Labute approximate surface area is 123 Å². The molecule has 2 fully saturated rings. The molecule has 1 aliphatic carbocycles. The predicted octanol–water partition coefficient (Wildman–Crippen LogP) is 2.46. The van der Waals surface area contributed by atoms with E-state index in [0.717, 1.165) is 42.8 Å². The van der Waals surface area contributed by atoms with Gasteiger partial charge in [-0.1, -0.05) is 13.3 Å². The summed E-state index contributed by atoms with van der Waals surface area (Å²) < 4.78 is 0. The van der Waals surface area contributed by atoms with Crippen LogP contribution < -0.4 is 0 Å². The second kappa shape index (κ2) is 5.11. The Morgan fingerprint density at radius 3 is 3.05 bits per heavy atom. The molecule has 110 valence electrons. The lowest BCUT2D eigenvalue weighted by molar-refractivity contribution is -0.0609. The van der Waals surface area contributed by atoms with Crippen molar-refractivity contribution in [3.05, 3.63) is 16.1 Å². The average Bonchev–Trinajstić information content (AvgIpc) is 3.05. The average molecular weight is 294 g/mol. The van der Waals surface area contributed by atoms with Gasteiger partial charge in [0.15, 0.2) is 0 Å². The number of nitrogens with zero attached hydrogens (tertiary/aromatic N) is 2. The van der Waals surface area contributed by atoms with Crippen molar-refractivity contribution in [1.29, 1.82) is 0 Å². The van der Waals surface area contributed by atoms with Crippen molar-refractivity contribution in [2.75, 3.05) is 13.1 Å². The van der Waals surface area contributed by atoms with Crippen LogP contribution in [0.1, 0.15) is 48.0 Å². The Morgan fingerprint density at radius 1 is 1.60 bits per heavy atom. The van der Waals surface area contributed by atoms with E-state index < -0.39 is 5.60 Å². The van der Waals surface area contributed by atoms with Crippen molar-refractivity contribution in [1.82, 2.24) is 9.88 Å². The van der Waals surface area contributed by atoms with Crippen molar-refractivity contribution >= 4 is 17.2 Å². The zero-order chi connectivity index (χ0) is 14.3. The summed E-state index contributed by atoms with van der Waals surface area (Å²) in [7, 11) is 0. The number of carbonyl (C=O) groups is 1. The monoisotopic (exact) mass is 294 g/mol. The Bertz CT molecular complexity index is 516. The molecule has 0 aromatic carbocycles. The van der Waals surface area contributed by atoms with Crippen LogP contribution in [0.25, 0.3) is 0 Å². The van der Waals surface area contributed by atoms with Crippen LogP contribution in [-0.2, 0) is 0 Å². The number of hydrogen-bond donors (Lipinski definition) is 1. The number of aliphatic hydroxyl groups is 1. The summed E-state index contributed by atoms with van der Waals surface area (Å²) in [5, 5.41) is 10.8. The lowest BCUT2D eigenvalue weighted by Gasteiger charge is -2.40. The summed E-state index contributed by atoms with van der Waals surface area (Å²) in [6.45, 7) is 5.43. The summed E-state index contributed by atoms with van der Waals surface area (Å²) >= 11 is 1.42. The fourth-order valence-corrected chi connectivity index (χ4v) is 4.65. The first-order valence-corrected chi connectivity index (χ1v) is 8.35. The number of carbonyl (C=O) groups excluding carboxylic acids is 1. The van der Waals surface area contributed by atoms with Gasteiger partial charge in [-0.15, -0.1) is 11.3 Å². The van der Waals surface area contributed by atoms with E-state index in [1.807, 2.05) is 11.8 Å². The molecule has 1 saturated carbocycles. The zero-order valence-corrected chi connectivity index (χ0v) is 12.9. The van der Waals surface area contributed by atoms with Crippen LogP contribution in [0.3, 0.4) is 0 Å². The van der Waals surface area contributed by atoms with Crippen LogP contribution >= 0.6 is 11.3 Å². The van der Waals surface area contributed by atoms with Crippen LogP contribution in [0.5, 0.6) is 0 Å². The SMILES string of the molecule is CC[C@@]1(O)CCC[C@@H]2CN(C(=O)c3scnc3C)C[C@@H]21. The molecule has 1 amide bonds. The van der Waals surface area contributed by atoms with E-state index in [1.165, 1.54) is 11.3 Å². The number of likely N-dealkylation sites (tertiary alicyclic amines) is 1. The number of amides is 1. The normalized spacial score (nSPS) is 33.2. The van der Waals surface area contributed by atoms with Crippen LogP contribution in [0.2, 0.25) is 0 Å². The second-order valence-corrected chi connectivity index (χ2v) is 7.05. The van der Waals surface area contributed by atoms with E-state index in [2.05, 4.69) is 11.9 Å². The molecule has 0 unspecified atom stereocenters. The van der Waals surface area contributed by atoms with Crippen molar-refractivity contribution in [2.24, 2.45) is 11.8 Å². The third-order valence-electron chi connectivity index (χ3n) is 5.16. The van der Waals surface area contributed by atoms with Gasteiger partial charge in [0.05, 0.1) is 16.8 Å². The lowest BCUT2D eigenvalue weighted by atomic mass is 9.69. The maximum absolute atomic E-state index is 12.6. The summed E-state index contributed by atoms with van der Waals surface area (Å²) in [6, 6.07) is 0. The first kappa shape index (κ1) is 14.0. The first-order valence-electron chi connectivity index (χ1n) is 7.47. The molecule has 4 nitrogen and oxygen atoms in total. The van der Waals surface area contributed by atoms with Crippen molar-refractivity contribution in [3.63, 3.8) is 0 Å². The van der Waals surface area contributed by atoms with E-state index in [9.17, 15) is 9.90 Å². The number of rotatable bonds is 2. The molecule has 3 atom stereocenters. The topological polar surface area (TPSA) is 53.4 Å². The standard InChI is InChI=1S/C15H22N2O2S/c1-3-15(19)6-4-5-11-7-17(8-12(11)15)14(18)13-10(2)16-9-20-13/h9,11-12,19H,3-8H2,1-2H3/t11-,12+,15-/m1/s1. The highest BCUT2D eigenvalue weighted by molar-refractivity contribution is 7.11. The zero-order valence-electron chi connectivity index (χ0n) is 12.1. The second-order valence-electron chi connectivity index (χ2n) is 6.19. The number of aryl methyl sites for hydroxylation is 1. The summed E-state index contributed by atoms with van der Waals surface area (Å²) in [6.07, 6.45) is 3.88. The molecule has 0 radical (unpaired) electrons. The van der Waals surface area contributed by atoms with E-state index in [-0.39, 0.29) is 11.8 Å². The molecule has 1 aromatic heterocycles. The third kappa shape index (κ3) is 2.17.